The van der Waals surface area contributed by atoms with Crippen molar-refractivity contribution < 1.29 is 18.1 Å². The topological polar surface area (TPSA) is 43.1 Å². The number of hydrogen-bond donors (Lipinski definition) is 0. The van der Waals surface area contributed by atoms with E-state index in [0.717, 1.165) is 0 Å². The summed E-state index contributed by atoms with van der Waals surface area (Å²) in [4.78, 5) is 9.36. The Morgan fingerprint density at radius 1 is 1.27 bits per heavy atom. The van der Waals surface area contributed by atoms with Gasteiger partial charge >= 0.3 is 6.18 Å². The van der Waals surface area contributed by atoms with Crippen LogP contribution in [0.2, 0.25) is 0 Å². The number of nitrogens with zero attached hydrogens (tertiary/aromatic N) is 1. The molecule has 0 saturated carbocycles. The zero-order valence-electron chi connectivity index (χ0n) is 7.36. The molecule has 6 heteroatoms. The first kappa shape index (κ1) is 11.2. The summed E-state index contributed by atoms with van der Waals surface area (Å²) in [6.07, 6.45) is -5.01. The van der Waals surface area contributed by atoms with Crippen molar-refractivity contribution in [3.8, 4) is 0 Å². The monoisotopic (exact) mass is 217 g/mol. The lowest BCUT2D eigenvalue weighted by atomic mass is 10.1. The van der Waals surface area contributed by atoms with Gasteiger partial charge in [-0.05, 0) is 12.1 Å². The Balaban J connectivity index is 3.16. The quantitative estimate of drug-likeness (QED) is 0.564. The maximum atomic E-state index is 12.0. The van der Waals surface area contributed by atoms with E-state index in [1.807, 2.05) is 0 Å². The molecule has 0 spiro atoms. The predicted octanol–water partition coefficient (Wildman–Crippen LogP) is 2.87. The Hall–Kier alpha value is -1.85. The van der Waals surface area contributed by atoms with E-state index in [2.05, 4.69) is 0 Å². The first-order chi connectivity index (χ1) is 6.90. The molecule has 0 atom stereocenters. The molecule has 1 aromatic rings. The summed E-state index contributed by atoms with van der Waals surface area (Å²) in [6.45, 7) is 0. The van der Waals surface area contributed by atoms with Gasteiger partial charge in [0, 0.05) is 0 Å². The third kappa shape index (κ3) is 3.41. The highest BCUT2D eigenvalue weighted by molar-refractivity contribution is 5.58. The minimum Gasteiger partial charge on any atom is -0.258 e. The summed E-state index contributed by atoms with van der Waals surface area (Å²) >= 11 is 0. The molecule has 0 radical (unpaired) electrons. The van der Waals surface area contributed by atoms with Crippen molar-refractivity contribution in [2.24, 2.45) is 0 Å². The predicted molar refractivity (Wildman–Crippen MR) is 47.5 cm³/mol. The van der Waals surface area contributed by atoms with E-state index < -0.39 is 16.8 Å². The first-order valence-corrected chi connectivity index (χ1v) is 3.89. The molecule has 0 aliphatic rings. The van der Waals surface area contributed by atoms with E-state index >= 15 is 0 Å². The second-order valence-electron chi connectivity index (χ2n) is 2.69. The molecular formula is C9H6F3NO2. The molecule has 0 unspecified atom stereocenters. The van der Waals surface area contributed by atoms with Crippen LogP contribution >= 0.6 is 0 Å². The van der Waals surface area contributed by atoms with E-state index in [1.54, 1.807) is 6.07 Å². The van der Waals surface area contributed by atoms with Gasteiger partial charge in [0.1, 0.15) is 0 Å². The molecule has 0 aromatic heterocycles. The smallest absolute Gasteiger partial charge is 0.258 e. The van der Waals surface area contributed by atoms with Crippen molar-refractivity contribution in [2.75, 3.05) is 0 Å². The molecular weight excluding hydrogens is 211 g/mol. The van der Waals surface area contributed by atoms with Crippen LogP contribution in [0.4, 0.5) is 13.2 Å². The Bertz CT molecular complexity index is 384. The summed E-state index contributed by atoms with van der Waals surface area (Å²) in [5.41, 5.74) is -1.03. The van der Waals surface area contributed by atoms with E-state index in [4.69, 9.17) is 0 Å². The van der Waals surface area contributed by atoms with Gasteiger partial charge in [-0.25, -0.2) is 0 Å². The van der Waals surface area contributed by atoms with Crippen LogP contribution in [0.3, 0.4) is 0 Å². The van der Waals surface area contributed by atoms with Gasteiger partial charge in [-0.15, -0.1) is 0 Å². The van der Waals surface area contributed by atoms with Crippen molar-refractivity contribution in [1.29, 1.82) is 0 Å². The highest BCUT2D eigenvalue weighted by Crippen LogP contribution is 2.24. The lowest BCUT2D eigenvalue weighted by Gasteiger charge is -2.01. The molecule has 0 amide bonds. The summed E-state index contributed by atoms with van der Waals surface area (Å²) in [5, 5.41) is 10.4. The van der Waals surface area contributed by atoms with Crippen LogP contribution in [0, 0.1) is 10.1 Å². The number of alkyl halides is 3. The van der Waals surface area contributed by atoms with E-state index in [1.165, 1.54) is 24.3 Å². The molecule has 0 N–H and O–H groups in total. The van der Waals surface area contributed by atoms with Crippen LogP contribution in [0.15, 0.2) is 36.4 Å². The van der Waals surface area contributed by atoms with Crippen LogP contribution in [-0.2, 0) is 0 Å². The largest absolute Gasteiger partial charge is 0.416 e. The Labute approximate surface area is 83.0 Å². The molecule has 0 aliphatic carbocycles. The Morgan fingerprint density at radius 2 is 1.80 bits per heavy atom. The highest BCUT2D eigenvalue weighted by Gasteiger charge is 2.30. The second kappa shape index (κ2) is 4.12. The molecule has 0 saturated heterocycles. The van der Waals surface area contributed by atoms with Gasteiger partial charge in [0.05, 0.1) is 16.6 Å². The van der Waals surface area contributed by atoms with Crippen LogP contribution in [0.5, 0.6) is 0 Å². The number of rotatable bonds is 2. The molecule has 0 heterocycles. The Morgan fingerprint density at radius 3 is 2.20 bits per heavy atom. The zero-order chi connectivity index (χ0) is 11.5. The van der Waals surface area contributed by atoms with Gasteiger partial charge in [-0.3, -0.25) is 10.1 Å². The minimum atomic E-state index is -4.70. The normalized spacial score (nSPS) is 12.6. The summed E-state index contributed by atoms with van der Waals surface area (Å²) in [5.74, 6) is 0. The number of halogens is 3. The fourth-order valence-electron chi connectivity index (χ4n) is 1.01. The van der Waals surface area contributed by atoms with Gasteiger partial charge in [0.2, 0.25) is 0 Å². The van der Waals surface area contributed by atoms with Crippen molar-refractivity contribution in [2.45, 2.75) is 6.18 Å². The maximum Gasteiger partial charge on any atom is 0.416 e. The number of allylic oxidation sites excluding steroid dienone is 1. The van der Waals surface area contributed by atoms with Crippen molar-refractivity contribution in [1.82, 2.24) is 0 Å². The molecule has 3 nitrogen and oxygen atoms in total. The number of benzene rings is 1. The van der Waals surface area contributed by atoms with E-state index in [0.29, 0.717) is 0 Å². The second-order valence-corrected chi connectivity index (χ2v) is 2.69. The third-order valence-electron chi connectivity index (χ3n) is 1.57. The average molecular weight is 217 g/mol. The van der Waals surface area contributed by atoms with Crippen molar-refractivity contribution in [3.05, 3.63) is 52.1 Å². The SMILES string of the molecule is O=[N+]([O-])C(=CC(F)(F)F)c1ccccc1. The van der Waals surface area contributed by atoms with Gasteiger partial charge in [-0.1, -0.05) is 18.2 Å². The molecule has 1 rings (SSSR count). The zero-order valence-corrected chi connectivity index (χ0v) is 7.36. The third-order valence-corrected chi connectivity index (χ3v) is 1.57. The number of nitro groups is 1. The van der Waals surface area contributed by atoms with Crippen molar-refractivity contribution in [3.63, 3.8) is 0 Å². The van der Waals surface area contributed by atoms with Crippen LogP contribution < -0.4 is 0 Å². The molecule has 0 fully saturated rings. The van der Waals surface area contributed by atoms with Gasteiger partial charge < -0.3 is 0 Å². The minimum absolute atomic E-state index is 0.0696. The van der Waals surface area contributed by atoms with Crippen molar-refractivity contribution >= 4 is 5.70 Å². The molecule has 0 aliphatic heterocycles. The standard InChI is InChI=1S/C9H6F3NO2/c10-9(11,12)6-8(13(14)15)7-4-2-1-3-5-7/h1-6H. The average Bonchev–Trinajstić information content (AvgIpc) is 2.14. The van der Waals surface area contributed by atoms with Gasteiger partial charge in [-0.2, -0.15) is 13.2 Å². The lowest BCUT2D eigenvalue weighted by molar-refractivity contribution is -0.376. The van der Waals surface area contributed by atoms with Gasteiger partial charge in [0.25, 0.3) is 5.70 Å². The molecule has 15 heavy (non-hydrogen) atoms. The van der Waals surface area contributed by atoms with Crippen LogP contribution in [0.25, 0.3) is 5.70 Å². The lowest BCUT2D eigenvalue weighted by Crippen LogP contribution is -2.07. The summed E-state index contributed by atoms with van der Waals surface area (Å²) < 4.78 is 35.9. The fourth-order valence-corrected chi connectivity index (χ4v) is 1.01. The number of hydrogen-bond acceptors (Lipinski definition) is 2. The van der Waals surface area contributed by atoms with Gasteiger partial charge in [0.15, 0.2) is 0 Å². The summed E-state index contributed by atoms with van der Waals surface area (Å²) in [7, 11) is 0. The fraction of sp³-hybridized carbons (Fsp3) is 0.111. The highest BCUT2D eigenvalue weighted by atomic mass is 19.4. The van der Waals surface area contributed by atoms with Crippen LogP contribution in [-0.4, -0.2) is 11.1 Å². The van der Waals surface area contributed by atoms with Crippen LogP contribution in [0.1, 0.15) is 5.56 Å². The van der Waals surface area contributed by atoms with E-state index in [9.17, 15) is 23.3 Å². The molecule has 0 bridgehead atoms. The summed E-state index contributed by atoms with van der Waals surface area (Å²) in [6, 6.07) is 6.93. The Kier molecular flexibility index (Phi) is 3.08. The maximum absolute atomic E-state index is 12.0. The first-order valence-electron chi connectivity index (χ1n) is 3.89. The van der Waals surface area contributed by atoms with E-state index in [-0.39, 0.29) is 11.6 Å². The molecule has 80 valence electrons. The molecule has 1 aromatic carbocycles.